The van der Waals surface area contributed by atoms with Crippen molar-refractivity contribution in [1.82, 2.24) is 15.0 Å². The normalized spacial score (nSPS) is 9.71. The molecule has 14 heavy (non-hydrogen) atoms. The molecular weight excluding hydrogens is 180 g/mol. The van der Waals surface area contributed by atoms with Crippen molar-refractivity contribution >= 4 is 12.2 Å². The molecule has 0 atom stereocenters. The summed E-state index contributed by atoms with van der Waals surface area (Å²) in [6.07, 6.45) is 5.56. The third kappa shape index (κ3) is 1.47. The van der Waals surface area contributed by atoms with Crippen LogP contribution >= 0.6 is 0 Å². The molecule has 0 unspecified atom stereocenters. The average molecular weight is 188 g/mol. The van der Waals surface area contributed by atoms with E-state index in [1.807, 2.05) is 6.07 Å². The van der Waals surface area contributed by atoms with Crippen LogP contribution in [0.2, 0.25) is 0 Å². The lowest BCUT2D eigenvalue weighted by Crippen LogP contribution is -1.99. The summed E-state index contributed by atoms with van der Waals surface area (Å²) in [5.41, 5.74) is 0.768. The van der Waals surface area contributed by atoms with E-state index in [1.54, 1.807) is 24.7 Å². The predicted octanol–water partition coefficient (Wildman–Crippen LogP) is 1.04. The lowest BCUT2D eigenvalue weighted by Gasteiger charge is -2.02. The Hall–Kier alpha value is -2.17. The minimum absolute atomic E-state index is 0.498. The lowest BCUT2D eigenvalue weighted by molar-refractivity contribution is -0.105. The maximum Gasteiger partial charge on any atom is 0.212 e. The van der Waals surface area contributed by atoms with Gasteiger partial charge in [-0.1, -0.05) is 0 Å². The maximum absolute atomic E-state index is 10.3. The number of rotatable bonds is 3. The van der Waals surface area contributed by atoms with E-state index in [0.717, 1.165) is 5.56 Å². The first kappa shape index (κ1) is 8.43. The summed E-state index contributed by atoms with van der Waals surface area (Å²) in [4.78, 5) is 21.4. The van der Waals surface area contributed by atoms with Crippen LogP contribution in [-0.2, 0) is 4.79 Å². The van der Waals surface area contributed by atoms with Gasteiger partial charge in [-0.15, -0.1) is 0 Å². The molecule has 0 aliphatic carbocycles. The number of nitrogens with one attached hydrogen (secondary N) is 2. The Bertz CT molecular complexity index is 424. The minimum atomic E-state index is 0.498. The largest absolute Gasteiger partial charge is 0.345 e. The Morgan fingerprint density at radius 2 is 2.29 bits per heavy atom. The van der Waals surface area contributed by atoms with E-state index in [2.05, 4.69) is 20.3 Å². The van der Waals surface area contributed by atoms with Gasteiger partial charge in [-0.2, -0.15) is 0 Å². The number of hydrogen-bond donors (Lipinski definition) is 2. The van der Waals surface area contributed by atoms with E-state index in [9.17, 15) is 4.79 Å². The number of aromatic amines is 1. The van der Waals surface area contributed by atoms with E-state index in [0.29, 0.717) is 18.1 Å². The van der Waals surface area contributed by atoms with Crippen molar-refractivity contribution in [1.29, 1.82) is 0 Å². The maximum atomic E-state index is 10.3. The second-order valence-corrected chi connectivity index (χ2v) is 2.60. The number of pyridine rings is 1. The summed E-state index contributed by atoms with van der Waals surface area (Å²) < 4.78 is 0. The lowest BCUT2D eigenvalue weighted by atomic mass is 10.2. The van der Waals surface area contributed by atoms with Crippen LogP contribution in [-0.4, -0.2) is 21.4 Å². The molecule has 0 aliphatic rings. The highest BCUT2D eigenvalue weighted by molar-refractivity contribution is 5.79. The summed E-state index contributed by atoms with van der Waals surface area (Å²) in [5.74, 6) is 1.18. The molecule has 0 saturated carbocycles. The van der Waals surface area contributed by atoms with Gasteiger partial charge in [0.1, 0.15) is 11.6 Å². The van der Waals surface area contributed by atoms with Gasteiger partial charge in [0.05, 0.1) is 5.56 Å². The third-order valence-electron chi connectivity index (χ3n) is 1.76. The second kappa shape index (κ2) is 3.69. The van der Waals surface area contributed by atoms with Crippen LogP contribution in [0.25, 0.3) is 11.4 Å². The highest BCUT2D eigenvalue weighted by atomic mass is 16.1. The van der Waals surface area contributed by atoms with Gasteiger partial charge in [-0.25, -0.2) is 9.97 Å². The SMILES string of the molecule is O=CNc1ncccc1-c1ncc[nH]1. The quantitative estimate of drug-likeness (QED) is 0.707. The number of hydrogen-bond acceptors (Lipinski definition) is 3. The van der Waals surface area contributed by atoms with E-state index in [1.165, 1.54) is 0 Å². The van der Waals surface area contributed by atoms with E-state index >= 15 is 0 Å². The number of nitrogens with zero attached hydrogens (tertiary/aromatic N) is 2. The number of aromatic nitrogens is 3. The first-order valence-electron chi connectivity index (χ1n) is 4.07. The molecule has 5 heteroatoms. The summed E-state index contributed by atoms with van der Waals surface area (Å²) in [6, 6.07) is 3.62. The molecule has 2 N–H and O–H groups in total. The fraction of sp³-hybridized carbons (Fsp3) is 0. The van der Waals surface area contributed by atoms with Crippen molar-refractivity contribution in [3.8, 4) is 11.4 Å². The van der Waals surface area contributed by atoms with Crippen molar-refractivity contribution in [3.63, 3.8) is 0 Å². The summed E-state index contributed by atoms with van der Waals surface area (Å²) >= 11 is 0. The molecule has 0 fully saturated rings. The highest BCUT2D eigenvalue weighted by Gasteiger charge is 2.06. The first-order valence-corrected chi connectivity index (χ1v) is 4.07. The molecule has 0 aliphatic heterocycles. The molecule has 1 amide bonds. The van der Waals surface area contributed by atoms with Crippen LogP contribution in [0.5, 0.6) is 0 Å². The molecular formula is C9H8N4O. The Labute approximate surface area is 80.2 Å². The van der Waals surface area contributed by atoms with Crippen LogP contribution in [0.1, 0.15) is 0 Å². The Morgan fingerprint density at radius 3 is 3.00 bits per heavy atom. The van der Waals surface area contributed by atoms with Crippen LogP contribution in [0.15, 0.2) is 30.7 Å². The summed E-state index contributed by atoms with van der Waals surface area (Å²) in [5, 5.41) is 2.51. The Kier molecular flexibility index (Phi) is 2.22. The average Bonchev–Trinajstić information content (AvgIpc) is 2.72. The van der Waals surface area contributed by atoms with Crippen molar-refractivity contribution in [3.05, 3.63) is 30.7 Å². The highest BCUT2D eigenvalue weighted by Crippen LogP contribution is 2.21. The molecule has 2 rings (SSSR count). The molecule has 0 radical (unpaired) electrons. The van der Waals surface area contributed by atoms with Gasteiger partial charge in [0.25, 0.3) is 0 Å². The molecule has 2 aromatic rings. The molecule has 0 saturated heterocycles. The Balaban J connectivity index is 2.46. The number of imidazole rings is 1. The smallest absolute Gasteiger partial charge is 0.212 e. The van der Waals surface area contributed by atoms with Gasteiger partial charge < -0.3 is 10.3 Å². The standard InChI is InChI=1S/C9H8N4O/c14-6-13-9-7(2-1-3-10-9)8-11-4-5-12-8/h1-6H,(H,11,12)(H,10,13,14). The number of anilines is 1. The van der Waals surface area contributed by atoms with E-state index in [4.69, 9.17) is 0 Å². The fourth-order valence-electron chi connectivity index (χ4n) is 1.18. The second-order valence-electron chi connectivity index (χ2n) is 2.60. The third-order valence-corrected chi connectivity index (χ3v) is 1.76. The summed E-state index contributed by atoms with van der Waals surface area (Å²) in [6.45, 7) is 0. The van der Waals surface area contributed by atoms with Gasteiger partial charge in [-0.05, 0) is 12.1 Å². The van der Waals surface area contributed by atoms with Crippen molar-refractivity contribution in [2.45, 2.75) is 0 Å². The van der Waals surface area contributed by atoms with Crippen LogP contribution in [0.4, 0.5) is 5.82 Å². The van der Waals surface area contributed by atoms with Gasteiger partial charge in [0.2, 0.25) is 6.41 Å². The van der Waals surface area contributed by atoms with Gasteiger partial charge in [0.15, 0.2) is 0 Å². The number of amides is 1. The molecule has 0 aromatic carbocycles. The van der Waals surface area contributed by atoms with E-state index < -0.39 is 0 Å². The number of carbonyl (C=O) groups excluding carboxylic acids is 1. The predicted molar refractivity (Wildman–Crippen MR) is 51.5 cm³/mol. The topological polar surface area (TPSA) is 70.7 Å². The van der Waals surface area contributed by atoms with Crippen molar-refractivity contribution in [2.75, 3.05) is 5.32 Å². The first-order chi connectivity index (χ1) is 6.92. The molecule has 70 valence electrons. The molecule has 2 heterocycles. The van der Waals surface area contributed by atoms with Crippen LogP contribution in [0, 0.1) is 0 Å². The van der Waals surface area contributed by atoms with Crippen LogP contribution < -0.4 is 5.32 Å². The summed E-state index contributed by atoms with van der Waals surface area (Å²) in [7, 11) is 0. The zero-order chi connectivity index (χ0) is 9.80. The monoisotopic (exact) mass is 188 g/mol. The molecule has 2 aromatic heterocycles. The van der Waals surface area contributed by atoms with Crippen molar-refractivity contribution in [2.24, 2.45) is 0 Å². The van der Waals surface area contributed by atoms with Gasteiger partial charge in [0, 0.05) is 18.6 Å². The Morgan fingerprint density at radius 1 is 1.36 bits per heavy atom. The van der Waals surface area contributed by atoms with Gasteiger partial charge in [-0.3, -0.25) is 4.79 Å². The van der Waals surface area contributed by atoms with Crippen molar-refractivity contribution < 1.29 is 4.79 Å². The van der Waals surface area contributed by atoms with Gasteiger partial charge >= 0.3 is 0 Å². The minimum Gasteiger partial charge on any atom is -0.345 e. The molecule has 5 nitrogen and oxygen atoms in total. The molecule has 0 bridgehead atoms. The molecule has 0 spiro atoms. The van der Waals surface area contributed by atoms with Crippen LogP contribution in [0.3, 0.4) is 0 Å². The number of carbonyl (C=O) groups is 1. The zero-order valence-electron chi connectivity index (χ0n) is 7.27. The fourth-order valence-corrected chi connectivity index (χ4v) is 1.18. The van der Waals surface area contributed by atoms with E-state index in [-0.39, 0.29) is 0 Å². The zero-order valence-corrected chi connectivity index (χ0v) is 7.27. The number of H-pyrrole nitrogens is 1.